The van der Waals surface area contributed by atoms with E-state index in [1.807, 2.05) is 31.2 Å². The average molecular weight is 486 g/mol. The van der Waals surface area contributed by atoms with Crippen molar-refractivity contribution in [2.75, 3.05) is 31.2 Å². The summed E-state index contributed by atoms with van der Waals surface area (Å²) in [5.74, 6) is 1.21. The Morgan fingerprint density at radius 3 is 2.82 bits per heavy atom. The van der Waals surface area contributed by atoms with Gasteiger partial charge in [0.1, 0.15) is 29.8 Å². The van der Waals surface area contributed by atoms with E-state index in [9.17, 15) is 5.11 Å². The summed E-state index contributed by atoms with van der Waals surface area (Å²) in [4.78, 5) is 10.5. The van der Waals surface area contributed by atoms with Crippen LogP contribution in [-0.2, 0) is 0 Å². The lowest BCUT2D eigenvalue weighted by atomic mass is 10.1. The third-order valence-corrected chi connectivity index (χ3v) is 6.16. The molecule has 3 aromatic heterocycles. The van der Waals surface area contributed by atoms with E-state index in [-0.39, 0.29) is 12.7 Å². The van der Waals surface area contributed by atoms with E-state index < -0.39 is 0 Å². The molecule has 0 amide bonds. The summed E-state index contributed by atoms with van der Waals surface area (Å²) in [6.07, 6.45) is 4.46. The molecule has 1 aromatic carbocycles. The Hall–Kier alpha value is -3.07. The van der Waals surface area contributed by atoms with Crippen LogP contribution < -0.4 is 14.4 Å². The molecule has 4 aromatic rings. The van der Waals surface area contributed by atoms with E-state index >= 15 is 0 Å². The van der Waals surface area contributed by atoms with Gasteiger partial charge in [0.2, 0.25) is 5.88 Å². The van der Waals surface area contributed by atoms with Gasteiger partial charge in [-0.25, -0.2) is 4.98 Å². The average Bonchev–Trinajstić information content (AvgIpc) is 3.22. The fourth-order valence-corrected chi connectivity index (χ4v) is 4.66. The van der Waals surface area contributed by atoms with Gasteiger partial charge in [0.05, 0.1) is 28.7 Å². The molecule has 4 heterocycles. The van der Waals surface area contributed by atoms with E-state index in [0.29, 0.717) is 46.9 Å². The Bertz CT molecular complexity index is 1290. The van der Waals surface area contributed by atoms with Crippen molar-refractivity contribution in [1.29, 1.82) is 0 Å². The first-order valence-electron chi connectivity index (χ1n) is 10.5. The van der Waals surface area contributed by atoms with Crippen molar-refractivity contribution in [3.63, 3.8) is 0 Å². The number of aromatic nitrogens is 4. The van der Waals surface area contributed by atoms with Crippen LogP contribution in [-0.4, -0.2) is 51.6 Å². The fraction of sp³-hybridized carbons (Fsp3) is 0.261. The normalized spacial score (nSPS) is 14.1. The lowest BCUT2D eigenvalue weighted by molar-refractivity contribution is 0.227. The van der Waals surface area contributed by atoms with Gasteiger partial charge in [-0.1, -0.05) is 23.2 Å². The number of hydrogen-bond acceptors (Lipinski definition) is 7. The number of β-amino-alcohol motifs (C(OH)–C–C–N with tert-alkyl or cyclic N) is 1. The van der Waals surface area contributed by atoms with E-state index in [1.54, 1.807) is 18.6 Å². The summed E-state index contributed by atoms with van der Waals surface area (Å²) >= 11 is 12.6. The van der Waals surface area contributed by atoms with Gasteiger partial charge < -0.3 is 19.5 Å². The molecule has 0 saturated carbocycles. The molecule has 8 nitrogen and oxygen atoms in total. The predicted molar refractivity (Wildman–Crippen MR) is 127 cm³/mol. The number of nitrogens with zero attached hydrogens (tertiary/aromatic N) is 4. The van der Waals surface area contributed by atoms with Gasteiger partial charge >= 0.3 is 0 Å². The molecule has 0 saturated heterocycles. The molecule has 1 atom stereocenters. The molecule has 0 radical (unpaired) electrons. The van der Waals surface area contributed by atoms with Crippen molar-refractivity contribution in [2.24, 2.45) is 0 Å². The quantitative estimate of drug-likeness (QED) is 0.409. The number of hydrogen-bond donors (Lipinski definition) is 2. The second-order valence-corrected chi connectivity index (χ2v) is 8.48. The summed E-state index contributed by atoms with van der Waals surface area (Å²) in [7, 11) is 0. The zero-order valence-electron chi connectivity index (χ0n) is 17.8. The molecule has 0 spiro atoms. The Morgan fingerprint density at radius 1 is 1.21 bits per heavy atom. The Balaban J connectivity index is 1.49. The number of aliphatic hydroxyl groups excluding tert-OH is 1. The second-order valence-electron chi connectivity index (χ2n) is 7.66. The molecular formula is C23H21Cl2N5O3. The molecule has 1 aliphatic rings. The van der Waals surface area contributed by atoms with Crippen molar-refractivity contribution in [1.82, 2.24) is 20.2 Å². The van der Waals surface area contributed by atoms with Crippen LogP contribution in [0.15, 0.2) is 42.9 Å². The highest BCUT2D eigenvalue weighted by Crippen LogP contribution is 2.37. The molecule has 2 N–H and O–H groups in total. The van der Waals surface area contributed by atoms with Crippen LogP contribution in [0.25, 0.3) is 22.2 Å². The molecule has 10 heteroatoms. The van der Waals surface area contributed by atoms with E-state index in [2.05, 4.69) is 25.1 Å². The Morgan fingerprint density at radius 2 is 2.03 bits per heavy atom. The van der Waals surface area contributed by atoms with Gasteiger partial charge in [0.15, 0.2) is 0 Å². The summed E-state index contributed by atoms with van der Waals surface area (Å²) in [6.45, 7) is 3.68. The lowest BCUT2D eigenvalue weighted by Crippen LogP contribution is -2.35. The van der Waals surface area contributed by atoms with Crippen LogP contribution in [0.3, 0.4) is 0 Å². The first kappa shape index (κ1) is 21.8. The zero-order chi connectivity index (χ0) is 22.9. The number of nitrogens with one attached hydrogen (secondary N) is 1. The van der Waals surface area contributed by atoms with Gasteiger partial charge in [0.25, 0.3) is 0 Å². The smallest absolute Gasteiger partial charge is 0.237 e. The lowest BCUT2D eigenvalue weighted by Gasteiger charge is -2.30. The molecule has 0 bridgehead atoms. The topological polar surface area (TPSA) is 96.4 Å². The van der Waals surface area contributed by atoms with Crippen LogP contribution >= 0.6 is 23.2 Å². The number of fused-ring (bicyclic) bond motifs is 2. The summed E-state index contributed by atoms with van der Waals surface area (Å²) in [5.41, 5.74) is 3.97. The van der Waals surface area contributed by atoms with Gasteiger partial charge in [-0.2, -0.15) is 5.10 Å². The van der Waals surface area contributed by atoms with Gasteiger partial charge in [-0.05, 0) is 31.2 Å². The van der Waals surface area contributed by atoms with E-state index in [1.165, 1.54) is 0 Å². The maximum atomic E-state index is 9.40. The van der Waals surface area contributed by atoms with Crippen LogP contribution in [0.5, 0.6) is 11.6 Å². The summed E-state index contributed by atoms with van der Waals surface area (Å²) in [5, 5.41) is 18.8. The van der Waals surface area contributed by atoms with Crippen LogP contribution in [0.2, 0.25) is 10.0 Å². The van der Waals surface area contributed by atoms with Crippen molar-refractivity contribution < 1.29 is 14.6 Å². The molecule has 5 rings (SSSR count). The summed E-state index contributed by atoms with van der Waals surface area (Å²) < 4.78 is 11.8. The van der Waals surface area contributed by atoms with Gasteiger partial charge in [0, 0.05) is 41.6 Å². The number of ether oxygens (including phenoxy) is 2. The third-order valence-electron chi connectivity index (χ3n) is 5.56. The van der Waals surface area contributed by atoms with Crippen molar-refractivity contribution in [2.45, 2.75) is 13.0 Å². The highest BCUT2D eigenvalue weighted by Gasteiger charge is 2.22. The predicted octanol–water partition coefficient (Wildman–Crippen LogP) is 4.66. The van der Waals surface area contributed by atoms with Gasteiger partial charge in [-0.3, -0.25) is 10.1 Å². The molecule has 0 aliphatic carbocycles. The summed E-state index contributed by atoms with van der Waals surface area (Å²) in [6, 6.07) is 7.69. The zero-order valence-corrected chi connectivity index (χ0v) is 19.3. The molecular weight excluding hydrogens is 465 g/mol. The number of aromatic amines is 1. The highest BCUT2D eigenvalue weighted by molar-refractivity contribution is 6.35. The number of H-pyrrole nitrogens is 1. The highest BCUT2D eigenvalue weighted by atomic mass is 35.5. The number of halogens is 2. The Kier molecular flexibility index (Phi) is 5.97. The van der Waals surface area contributed by atoms with Crippen LogP contribution in [0.1, 0.15) is 18.6 Å². The molecule has 170 valence electrons. The minimum atomic E-state index is -0.379. The number of aliphatic hydroxyl groups is 1. The first-order valence-corrected chi connectivity index (χ1v) is 11.2. The molecule has 0 unspecified atom stereocenters. The van der Waals surface area contributed by atoms with Crippen LogP contribution in [0.4, 0.5) is 5.69 Å². The first-order chi connectivity index (χ1) is 16.0. The number of anilines is 1. The van der Waals surface area contributed by atoms with E-state index in [4.69, 9.17) is 32.7 Å². The number of benzene rings is 1. The number of rotatable bonds is 6. The maximum absolute atomic E-state index is 9.40. The standard InChI is InChI=1S/C23H21Cl2N5O3/c1-13(21-17(24)11-26-12-18(21)25)33-15-2-3-19-16(9-15)22(29-28-19)14-8-20-23(27-10-14)32-7-5-30(20)4-6-31/h2-3,8-13,31H,4-7H2,1H3,(H,28,29)/t13-/m1/s1. The van der Waals surface area contributed by atoms with Crippen molar-refractivity contribution >= 4 is 39.8 Å². The monoisotopic (exact) mass is 485 g/mol. The molecule has 0 fully saturated rings. The van der Waals surface area contributed by atoms with Crippen LogP contribution in [0, 0.1) is 0 Å². The molecule has 1 aliphatic heterocycles. The minimum Gasteiger partial charge on any atom is -0.486 e. The second kappa shape index (κ2) is 9.05. The van der Waals surface area contributed by atoms with Crippen molar-refractivity contribution in [3.05, 3.63) is 58.5 Å². The fourth-order valence-electron chi connectivity index (χ4n) is 3.99. The van der Waals surface area contributed by atoms with Crippen molar-refractivity contribution in [3.8, 4) is 22.9 Å². The Labute approximate surface area is 200 Å². The number of pyridine rings is 2. The third kappa shape index (κ3) is 4.17. The van der Waals surface area contributed by atoms with E-state index in [0.717, 1.165) is 27.8 Å². The minimum absolute atomic E-state index is 0.0550. The largest absolute Gasteiger partial charge is 0.486 e. The SMILES string of the molecule is C[C@@H](Oc1ccc2[nH]nc(-c3cnc4c(c3)N(CCO)CCO4)c2c1)c1c(Cl)cncc1Cl. The maximum Gasteiger partial charge on any atom is 0.237 e. The molecule has 33 heavy (non-hydrogen) atoms. The van der Waals surface area contributed by atoms with Gasteiger partial charge in [-0.15, -0.1) is 0 Å².